The molecule has 2 aromatic carbocycles. The van der Waals surface area contributed by atoms with Gasteiger partial charge in [-0.1, -0.05) is 47.5 Å². The molecule has 1 amide bonds. The molecule has 2 aromatic rings. The van der Waals surface area contributed by atoms with Crippen LogP contribution in [0.4, 0.5) is 13.2 Å². The molecule has 1 aliphatic rings. The van der Waals surface area contributed by atoms with Gasteiger partial charge >= 0.3 is 6.18 Å². The van der Waals surface area contributed by atoms with Crippen molar-refractivity contribution in [3.63, 3.8) is 0 Å². The highest BCUT2D eigenvalue weighted by molar-refractivity contribution is 6.30. The largest absolute Gasteiger partial charge is 0.432 e. The van der Waals surface area contributed by atoms with Gasteiger partial charge in [0.2, 0.25) is 5.72 Å². The predicted molar refractivity (Wildman–Crippen MR) is 90.0 cm³/mol. The molecule has 1 unspecified atom stereocenters. The molecule has 0 radical (unpaired) electrons. The molecule has 0 fully saturated rings. The fourth-order valence-corrected chi connectivity index (χ4v) is 2.81. The Bertz CT molecular complexity index is 881. The van der Waals surface area contributed by atoms with Crippen LogP contribution in [0.1, 0.15) is 21.5 Å². The number of halogens is 4. The van der Waals surface area contributed by atoms with Gasteiger partial charge in [-0.3, -0.25) is 10.2 Å². The number of aliphatic hydroxyl groups is 1. The lowest BCUT2D eigenvalue weighted by Crippen LogP contribution is -2.51. The Morgan fingerprint density at radius 3 is 2.42 bits per heavy atom. The summed E-state index contributed by atoms with van der Waals surface area (Å²) in [6, 6.07) is 11.9. The maximum Gasteiger partial charge on any atom is 0.432 e. The van der Waals surface area contributed by atoms with E-state index >= 15 is 0 Å². The number of alkyl halides is 3. The van der Waals surface area contributed by atoms with E-state index in [1.165, 1.54) is 36.4 Å². The molecule has 0 saturated heterocycles. The maximum atomic E-state index is 13.2. The molecule has 0 aliphatic carbocycles. The number of carbonyl (C=O) groups is 1. The van der Waals surface area contributed by atoms with Crippen molar-refractivity contribution in [2.75, 3.05) is 0 Å². The van der Waals surface area contributed by atoms with E-state index < -0.39 is 23.5 Å². The molecule has 26 heavy (non-hydrogen) atoms. The van der Waals surface area contributed by atoms with Crippen LogP contribution in [0.5, 0.6) is 0 Å². The lowest BCUT2D eigenvalue weighted by molar-refractivity contribution is -0.104. The number of nitrogens with zero attached hydrogens (tertiary/aromatic N) is 1. The van der Waals surface area contributed by atoms with Crippen molar-refractivity contribution in [3.8, 4) is 0 Å². The molecule has 4 nitrogen and oxygen atoms in total. The number of carbonyl (C=O) groups excluding carboxylic acids is 1. The third-order valence-corrected chi connectivity index (χ3v) is 4.21. The van der Waals surface area contributed by atoms with Crippen LogP contribution in [-0.4, -0.2) is 22.2 Å². The first-order valence-electron chi connectivity index (χ1n) is 7.57. The Labute approximate surface area is 152 Å². The van der Waals surface area contributed by atoms with Crippen LogP contribution in [0.2, 0.25) is 5.02 Å². The van der Waals surface area contributed by atoms with Gasteiger partial charge in [-0.05, 0) is 25.1 Å². The van der Waals surface area contributed by atoms with Crippen molar-refractivity contribution >= 4 is 17.5 Å². The molecular weight excluding hydrogens is 369 g/mol. The van der Waals surface area contributed by atoms with Crippen molar-refractivity contribution in [2.45, 2.75) is 18.8 Å². The number of allylic oxidation sites excluding steroid dienone is 1. The first-order chi connectivity index (χ1) is 12.1. The minimum Gasteiger partial charge on any atom is -0.362 e. The van der Waals surface area contributed by atoms with E-state index in [9.17, 15) is 23.1 Å². The summed E-state index contributed by atoms with van der Waals surface area (Å²) in [6.45, 7) is 1.80. The zero-order valence-corrected chi connectivity index (χ0v) is 14.3. The van der Waals surface area contributed by atoms with Gasteiger partial charge in [-0.15, -0.1) is 0 Å². The van der Waals surface area contributed by atoms with Gasteiger partial charge in [-0.25, -0.2) is 5.01 Å². The van der Waals surface area contributed by atoms with Gasteiger partial charge < -0.3 is 5.11 Å². The van der Waals surface area contributed by atoms with Gasteiger partial charge in [0.1, 0.15) is 5.70 Å². The summed E-state index contributed by atoms with van der Waals surface area (Å²) in [5.74, 6) is -0.855. The fraction of sp³-hybridized carbons (Fsp3) is 0.167. The molecule has 3 rings (SSSR count). The van der Waals surface area contributed by atoms with Crippen LogP contribution >= 0.6 is 11.6 Å². The van der Waals surface area contributed by atoms with Crippen molar-refractivity contribution in [1.29, 1.82) is 0 Å². The zero-order valence-electron chi connectivity index (χ0n) is 13.5. The Balaban J connectivity index is 2.08. The first kappa shape index (κ1) is 18.3. The minimum atomic E-state index is -4.76. The number of hydrazine groups is 1. The summed E-state index contributed by atoms with van der Waals surface area (Å²) in [4.78, 5) is 12.8. The molecule has 136 valence electrons. The Hall–Kier alpha value is -2.51. The van der Waals surface area contributed by atoms with E-state index in [0.29, 0.717) is 11.1 Å². The predicted octanol–water partition coefficient (Wildman–Crippen LogP) is 3.90. The van der Waals surface area contributed by atoms with Gasteiger partial charge in [0, 0.05) is 22.2 Å². The molecule has 0 bridgehead atoms. The Morgan fingerprint density at radius 1 is 1.19 bits per heavy atom. The van der Waals surface area contributed by atoms with Gasteiger partial charge in [-0.2, -0.15) is 13.2 Å². The number of nitrogens with one attached hydrogen (secondary N) is 1. The molecule has 2 N–H and O–H groups in total. The summed E-state index contributed by atoms with van der Waals surface area (Å²) in [5, 5.41) is 11.8. The number of amides is 1. The second-order valence-electron chi connectivity index (χ2n) is 5.91. The topological polar surface area (TPSA) is 52.6 Å². The lowest BCUT2D eigenvalue weighted by atomic mass is 10.00. The smallest absolute Gasteiger partial charge is 0.362 e. The van der Waals surface area contributed by atoms with Gasteiger partial charge in [0.25, 0.3) is 5.91 Å². The average molecular weight is 383 g/mol. The Kier molecular flexibility index (Phi) is 4.46. The maximum absolute atomic E-state index is 13.2. The fourth-order valence-electron chi connectivity index (χ4n) is 2.62. The second kappa shape index (κ2) is 6.34. The van der Waals surface area contributed by atoms with Crippen LogP contribution in [-0.2, 0) is 5.72 Å². The number of benzene rings is 2. The lowest BCUT2D eigenvalue weighted by Gasteiger charge is -2.33. The molecule has 8 heteroatoms. The van der Waals surface area contributed by atoms with E-state index in [-0.39, 0.29) is 16.1 Å². The highest BCUT2D eigenvalue weighted by Gasteiger charge is 2.50. The standard InChI is InChI=1S/C18H14ClF3N2O2/c1-11-5-7-13(8-6-11)17(26)10-15(18(20,21)22)23-24(17)16(25)12-3-2-4-14(19)9-12/h2-10,23,26H,1H3. The van der Waals surface area contributed by atoms with Crippen molar-refractivity contribution in [2.24, 2.45) is 0 Å². The highest BCUT2D eigenvalue weighted by Crippen LogP contribution is 2.38. The van der Waals surface area contributed by atoms with Crippen LogP contribution in [0, 0.1) is 6.92 Å². The number of hydrogen-bond acceptors (Lipinski definition) is 3. The quantitative estimate of drug-likeness (QED) is 0.828. The summed E-state index contributed by atoms with van der Waals surface area (Å²) in [7, 11) is 0. The van der Waals surface area contributed by atoms with Crippen LogP contribution in [0.25, 0.3) is 0 Å². The second-order valence-corrected chi connectivity index (χ2v) is 6.35. The van der Waals surface area contributed by atoms with Crippen LogP contribution in [0.3, 0.4) is 0 Å². The van der Waals surface area contributed by atoms with Crippen LogP contribution < -0.4 is 5.43 Å². The van der Waals surface area contributed by atoms with E-state index in [4.69, 9.17) is 11.6 Å². The first-order valence-corrected chi connectivity index (χ1v) is 7.95. The summed E-state index contributed by atoms with van der Waals surface area (Å²) < 4.78 is 39.6. The molecule has 0 spiro atoms. The van der Waals surface area contributed by atoms with Gasteiger partial charge in [0.15, 0.2) is 0 Å². The van der Waals surface area contributed by atoms with E-state index in [2.05, 4.69) is 0 Å². The van der Waals surface area contributed by atoms with Gasteiger partial charge in [0.05, 0.1) is 0 Å². The van der Waals surface area contributed by atoms with E-state index in [1.54, 1.807) is 19.1 Å². The number of hydrogen-bond donors (Lipinski definition) is 2. The molecule has 1 aliphatic heterocycles. The monoisotopic (exact) mass is 382 g/mol. The Morgan fingerprint density at radius 2 is 1.85 bits per heavy atom. The molecule has 0 saturated carbocycles. The number of aryl methyl sites for hydroxylation is 1. The molecule has 0 aromatic heterocycles. The minimum absolute atomic E-state index is 0.0346. The third-order valence-electron chi connectivity index (χ3n) is 3.98. The SMILES string of the molecule is Cc1ccc(C2(O)C=C(C(F)(F)F)NN2C(=O)c2cccc(Cl)c2)cc1. The van der Waals surface area contributed by atoms with E-state index in [1.807, 2.05) is 5.43 Å². The van der Waals surface area contributed by atoms with Crippen molar-refractivity contribution < 1.29 is 23.1 Å². The molecular formula is C18H14ClF3N2O2. The summed E-state index contributed by atoms with van der Waals surface area (Å²) in [6.07, 6.45) is -4.18. The zero-order chi connectivity index (χ0) is 19.1. The molecule has 1 heterocycles. The van der Waals surface area contributed by atoms with Crippen LogP contribution in [0.15, 0.2) is 60.3 Å². The summed E-state index contributed by atoms with van der Waals surface area (Å²) in [5.41, 5.74) is -0.546. The summed E-state index contributed by atoms with van der Waals surface area (Å²) >= 11 is 5.86. The van der Waals surface area contributed by atoms with Crippen molar-refractivity contribution in [3.05, 3.63) is 82.0 Å². The third kappa shape index (κ3) is 3.27. The molecule has 1 atom stereocenters. The normalized spacial score (nSPS) is 19.9. The van der Waals surface area contributed by atoms with E-state index in [0.717, 1.165) is 5.56 Å². The number of rotatable bonds is 2. The average Bonchev–Trinajstić information content (AvgIpc) is 2.94. The highest BCUT2D eigenvalue weighted by atomic mass is 35.5. The van der Waals surface area contributed by atoms with Crippen molar-refractivity contribution in [1.82, 2.24) is 10.4 Å².